The van der Waals surface area contributed by atoms with E-state index in [4.69, 9.17) is 0 Å². The standard InChI is InChI=1S/C29H19NO2S/c31-28-27(17-26-24-11-5-3-9-22(24)16-23-10-4-6-12-25(23)26)33-29(32)30(28)18-19-13-14-20-7-1-2-8-21(20)15-19/h1-17H,18H2. The number of hydrogen-bond donors (Lipinski definition) is 0. The predicted molar refractivity (Wildman–Crippen MR) is 137 cm³/mol. The van der Waals surface area contributed by atoms with Crippen LogP contribution in [0.2, 0.25) is 0 Å². The molecular formula is C29H19NO2S. The van der Waals surface area contributed by atoms with Gasteiger partial charge in [-0.25, -0.2) is 0 Å². The van der Waals surface area contributed by atoms with Crippen molar-refractivity contribution < 1.29 is 9.59 Å². The summed E-state index contributed by atoms with van der Waals surface area (Å²) in [6.07, 6.45) is 1.88. The lowest BCUT2D eigenvalue weighted by Crippen LogP contribution is -2.27. The van der Waals surface area contributed by atoms with Crippen LogP contribution in [-0.2, 0) is 11.3 Å². The molecule has 0 N–H and O–H groups in total. The Hall–Kier alpha value is -3.89. The van der Waals surface area contributed by atoms with Crippen molar-refractivity contribution in [1.82, 2.24) is 4.90 Å². The molecule has 1 saturated heterocycles. The molecule has 0 aromatic heterocycles. The van der Waals surface area contributed by atoms with Crippen molar-refractivity contribution >= 4 is 61.3 Å². The van der Waals surface area contributed by atoms with Gasteiger partial charge in [0, 0.05) is 0 Å². The fourth-order valence-corrected chi connectivity index (χ4v) is 5.31. The zero-order valence-corrected chi connectivity index (χ0v) is 18.5. The molecule has 0 saturated carbocycles. The van der Waals surface area contributed by atoms with Crippen molar-refractivity contribution in [2.45, 2.75) is 6.54 Å². The van der Waals surface area contributed by atoms with E-state index in [0.29, 0.717) is 4.91 Å². The Kier molecular flexibility index (Phi) is 4.74. The van der Waals surface area contributed by atoms with Crippen molar-refractivity contribution in [1.29, 1.82) is 0 Å². The average molecular weight is 446 g/mol. The summed E-state index contributed by atoms with van der Waals surface area (Å²) in [5.74, 6) is -0.241. The second kappa shape index (κ2) is 7.91. The number of hydrogen-bond acceptors (Lipinski definition) is 3. The van der Waals surface area contributed by atoms with Gasteiger partial charge in [0.15, 0.2) is 0 Å². The summed E-state index contributed by atoms with van der Waals surface area (Å²) in [6, 6.07) is 32.6. The lowest BCUT2D eigenvalue weighted by atomic mass is 9.96. The van der Waals surface area contributed by atoms with Crippen molar-refractivity contribution in [2.24, 2.45) is 0 Å². The molecule has 1 aliphatic heterocycles. The van der Waals surface area contributed by atoms with Crippen LogP contribution in [0.1, 0.15) is 11.1 Å². The Morgan fingerprint density at radius 3 is 1.97 bits per heavy atom. The van der Waals surface area contributed by atoms with E-state index >= 15 is 0 Å². The lowest BCUT2D eigenvalue weighted by molar-refractivity contribution is -0.123. The Balaban J connectivity index is 1.40. The van der Waals surface area contributed by atoms with E-state index in [1.54, 1.807) is 0 Å². The maximum atomic E-state index is 13.3. The third-order valence-electron chi connectivity index (χ3n) is 6.12. The molecular weight excluding hydrogens is 426 g/mol. The number of amides is 2. The Morgan fingerprint density at radius 1 is 0.667 bits per heavy atom. The number of carbonyl (C=O) groups is 2. The van der Waals surface area contributed by atoms with Gasteiger partial charge in [-0.3, -0.25) is 14.5 Å². The average Bonchev–Trinajstić information content (AvgIpc) is 3.11. The van der Waals surface area contributed by atoms with E-state index < -0.39 is 0 Å². The second-order valence-corrected chi connectivity index (χ2v) is 9.18. The van der Waals surface area contributed by atoms with Crippen LogP contribution in [0.25, 0.3) is 38.4 Å². The smallest absolute Gasteiger partial charge is 0.268 e. The van der Waals surface area contributed by atoms with Crippen LogP contribution >= 0.6 is 11.8 Å². The van der Waals surface area contributed by atoms with Crippen LogP contribution in [-0.4, -0.2) is 16.0 Å². The maximum absolute atomic E-state index is 13.3. The fourth-order valence-electron chi connectivity index (χ4n) is 4.49. The molecule has 33 heavy (non-hydrogen) atoms. The molecule has 0 atom stereocenters. The van der Waals surface area contributed by atoms with Crippen LogP contribution < -0.4 is 0 Å². The summed E-state index contributed by atoms with van der Waals surface area (Å²) in [5, 5.41) is 6.35. The van der Waals surface area contributed by atoms with Gasteiger partial charge in [-0.15, -0.1) is 0 Å². The molecule has 2 amide bonds. The van der Waals surface area contributed by atoms with Gasteiger partial charge in [-0.2, -0.15) is 0 Å². The number of thioether (sulfide) groups is 1. The first-order valence-corrected chi connectivity index (χ1v) is 11.6. The molecule has 5 aromatic carbocycles. The lowest BCUT2D eigenvalue weighted by Gasteiger charge is -2.13. The van der Waals surface area contributed by atoms with Crippen molar-refractivity contribution in [3.8, 4) is 0 Å². The minimum absolute atomic E-state index is 0.232. The van der Waals surface area contributed by atoms with Gasteiger partial charge in [0.2, 0.25) is 0 Å². The molecule has 0 spiro atoms. The van der Waals surface area contributed by atoms with Crippen LogP contribution in [0.5, 0.6) is 0 Å². The molecule has 3 nitrogen and oxygen atoms in total. The number of rotatable bonds is 3. The van der Waals surface area contributed by atoms with Crippen molar-refractivity contribution in [2.75, 3.05) is 0 Å². The van der Waals surface area contributed by atoms with Crippen LogP contribution in [0.15, 0.2) is 102 Å². The molecule has 5 aromatic rings. The predicted octanol–water partition coefficient (Wildman–Crippen LogP) is 7.38. The van der Waals surface area contributed by atoms with E-state index in [1.807, 2.05) is 66.7 Å². The molecule has 1 heterocycles. The van der Waals surface area contributed by atoms with E-state index in [0.717, 1.165) is 55.2 Å². The van der Waals surface area contributed by atoms with Gasteiger partial charge in [0.05, 0.1) is 11.4 Å². The quantitative estimate of drug-likeness (QED) is 0.215. The zero-order valence-electron chi connectivity index (χ0n) is 17.7. The van der Waals surface area contributed by atoms with Gasteiger partial charge >= 0.3 is 0 Å². The highest BCUT2D eigenvalue weighted by atomic mass is 32.2. The third kappa shape index (κ3) is 3.49. The van der Waals surface area contributed by atoms with Crippen LogP contribution in [0.4, 0.5) is 4.79 Å². The van der Waals surface area contributed by atoms with Gasteiger partial charge in [0.25, 0.3) is 11.1 Å². The second-order valence-electron chi connectivity index (χ2n) is 8.18. The molecule has 0 radical (unpaired) electrons. The van der Waals surface area contributed by atoms with Gasteiger partial charge in [-0.05, 0) is 73.4 Å². The van der Waals surface area contributed by atoms with Gasteiger partial charge < -0.3 is 0 Å². The first-order chi connectivity index (χ1) is 16.2. The van der Waals surface area contributed by atoms with E-state index in [1.165, 1.54) is 4.90 Å². The monoisotopic (exact) mass is 445 g/mol. The molecule has 0 bridgehead atoms. The SMILES string of the molecule is O=C1SC(=Cc2c3ccccc3cc3ccccc23)C(=O)N1Cc1ccc2ccccc2c1. The summed E-state index contributed by atoms with van der Waals surface area (Å²) in [7, 11) is 0. The normalized spacial score (nSPS) is 15.4. The Bertz CT molecular complexity index is 1560. The molecule has 158 valence electrons. The van der Waals surface area contributed by atoms with Crippen LogP contribution in [0.3, 0.4) is 0 Å². The number of carbonyl (C=O) groups excluding carboxylic acids is 2. The van der Waals surface area contributed by atoms with Crippen molar-refractivity contribution in [3.05, 3.63) is 113 Å². The maximum Gasteiger partial charge on any atom is 0.293 e. The molecule has 6 rings (SSSR count). The summed E-state index contributed by atoms with van der Waals surface area (Å²) < 4.78 is 0. The summed E-state index contributed by atoms with van der Waals surface area (Å²) in [4.78, 5) is 27.9. The first kappa shape index (κ1) is 19.8. The Morgan fingerprint density at radius 2 is 1.27 bits per heavy atom. The molecule has 1 aliphatic rings. The third-order valence-corrected chi connectivity index (χ3v) is 7.02. The highest BCUT2D eigenvalue weighted by Gasteiger charge is 2.35. The van der Waals surface area contributed by atoms with Crippen LogP contribution in [0, 0.1) is 0 Å². The molecule has 0 aliphatic carbocycles. The summed E-state index contributed by atoms with van der Waals surface area (Å²) in [6.45, 7) is 0.267. The highest BCUT2D eigenvalue weighted by Crippen LogP contribution is 2.37. The number of fused-ring (bicyclic) bond motifs is 3. The Labute approximate surface area is 195 Å². The van der Waals surface area contributed by atoms with E-state index in [2.05, 4.69) is 36.4 Å². The highest BCUT2D eigenvalue weighted by molar-refractivity contribution is 8.18. The molecule has 0 unspecified atom stereocenters. The number of nitrogens with zero attached hydrogens (tertiary/aromatic N) is 1. The molecule has 1 fully saturated rings. The minimum Gasteiger partial charge on any atom is -0.268 e. The summed E-state index contributed by atoms with van der Waals surface area (Å²) in [5.41, 5.74) is 1.91. The first-order valence-electron chi connectivity index (χ1n) is 10.8. The topological polar surface area (TPSA) is 37.4 Å². The van der Waals surface area contributed by atoms with E-state index in [9.17, 15) is 9.59 Å². The number of benzene rings is 5. The van der Waals surface area contributed by atoms with Gasteiger partial charge in [0.1, 0.15) is 0 Å². The van der Waals surface area contributed by atoms with E-state index in [-0.39, 0.29) is 17.7 Å². The minimum atomic E-state index is -0.241. The van der Waals surface area contributed by atoms with Gasteiger partial charge in [-0.1, -0.05) is 84.9 Å². The summed E-state index contributed by atoms with van der Waals surface area (Å²) >= 11 is 1.02. The zero-order chi connectivity index (χ0) is 22.4. The van der Waals surface area contributed by atoms with Crippen molar-refractivity contribution in [3.63, 3.8) is 0 Å². The molecule has 4 heteroatoms. The number of imide groups is 1. The largest absolute Gasteiger partial charge is 0.293 e. The fraction of sp³-hybridized carbons (Fsp3) is 0.0345.